The van der Waals surface area contributed by atoms with Gasteiger partial charge >= 0.3 is 0 Å². The third-order valence-electron chi connectivity index (χ3n) is 10.4. The zero-order chi connectivity index (χ0) is 35.6. The number of rotatable bonds is 5. The molecular formula is C49H30N4O. The van der Waals surface area contributed by atoms with Crippen molar-refractivity contribution in [3.05, 3.63) is 182 Å². The predicted molar refractivity (Wildman–Crippen MR) is 221 cm³/mol. The van der Waals surface area contributed by atoms with E-state index in [1.165, 1.54) is 32.6 Å². The molecule has 0 atom stereocenters. The Bertz CT molecular complexity index is 3210. The fraction of sp³-hybridized carbons (Fsp3) is 0. The fourth-order valence-electron chi connectivity index (χ4n) is 7.85. The molecule has 3 heterocycles. The maximum Gasteiger partial charge on any atom is 0.164 e. The van der Waals surface area contributed by atoms with Crippen molar-refractivity contribution in [1.29, 1.82) is 0 Å². The zero-order valence-corrected chi connectivity index (χ0v) is 29.0. The second kappa shape index (κ2) is 12.1. The molecule has 0 amide bonds. The van der Waals surface area contributed by atoms with E-state index in [0.717, 1.165) is 55.4 Å². The third kappa shape index (κ3) is 4.90. The number of para-hydroxylation sites is 2. The molecule has 5 heteroatoms. The van der Waals surface area contributed by atoms with E-state index >= 15 is 0 Å². The van der Waals surface area contributed by atoms with Crippen LogP contribution in [0.25, 0.3) is 105 Å². The highest BCUT2D eigenvalue weighted by atomic mass is 16.3. The summed E-state index contributed by atoms with van der Waals surface area (Å²) in [4.78, 5) is 15.1. The van der Waals surface area contributed by atoms with Crippen LogP contribution in [-0.4, -0.2) is 19.5 Å². The van der Waals surface area contributed by atoms with E-state index in [4.69, 9.17) is 19.4 Å². The Hall–Kier alpha value is -7.37. The lowest BCUT2D eigenvalue weighted by Gasteiger charge is -2.12. The van der Waals surface area contributed by atoms with E-state index in [1.807, 2.05) is 60.7 Å². The minimum Gasteiger partial charge on any atom is -0.456 e. The highest BCUT2D eigenvalue weighted by Gasteiger charge is 2.17. The van der Waals surface area contributed by atoms with Crippen LogP contribution in [0.5, 0.6) is 0 Å². The van der Waals surface area contributed by atoms with Crippen LogP contribution < -0.4 is 0 Å². The first-order chi connectivity index (χ1) is 26.7. The molecular weight excluding hydrogens is 661 g/mol. The Kier molecular flexibility index (Phi) is 6.79. The van der Waals surface area contributed by atoms with Crippen molar-refractivity contribution in [2.75, 3.05) is 0 Å². The first kappa shape index (κ1) is 30.3. The van der Waals surface area contributed by atoms with Gasteiger partial charge in [-0.25, -0.2) is 15.0 Å². The van der Waals surface area contributed by atoms with Crippen LogP contribution >= 0.6 is 0 Å². The quantitative estimate of drug-likeness (QED) is 0.180. The summed E-state index contributed by atoms with van der Waals surface area (Å²) in [6.45, 7) is 0. The van der Waals surface area contributed by atoms with Crippen molar-refractivity contribution in [2.45, 2.75) is 0 Å². The molecule has 0 radical (unpaired) electrons. The number of furan rings is 1. The summed E-state index contributed by atoms with van der Waals surface area (Å²) in [6, 6.07) is 63.4. The van der Waals surface area contributed by atoms with Crippen molar-refractivity contribution in [1.82, 2.24) is 19.5 Å². The highest BCUT2D eigenvalue weighted by Crippen LogP contribution is 2.38. The fourth-order valence-corrected chi connectivity index (χ4v) is 7.85. The molecule has 0 N–H and O–H groups in total. The first-order valence-electron chi connectivity index (χ1n) is 18.1. The number of benzene rings is 8. The van der Waals surface area contributed by atoms with Crippen molar-refractivity contribution < 1.29 is 4.42 Å². The number of fused-ring (bicyclic) bond motifs is 8. The minimum absolute atomic E-state index is 0.611. The molecule has 0 aliphatic carbocycles. The lowest BCUT2D eigenvalue weighted by atomic mass is 10.0. The Balaban J connectivity index is 1.01. The van der Waals surface area contributed by atoms with Gasteiger partial charge in [-0.2, -0.15) is 0 Å². The van der Waals surface area contributed by atoms with Gasteiger partial charge in [0.15, 0.2) is 17.5 Å². The Morgan fingerprint density at radius 2 is 0.963 bits per heavy atom. The predicted octanol–water partition coefficient (Wildman–Crippen LogP) is 12.7. The third-order valence-corrected chi connectivity index (χ3v) is 10.4. The van der Waals surface area contributed by atoms with Crippen LogP contribution in [0, 0.1) is 0 Å². The zero-order valence-electron chi connectivity index (χ0n) is 29.0. The van der Waals surface area contributed by atoms with Crippen LogP contribution in [-0.2, 0) is 0 Å². The average Bonchev–Trinajstić information content (AvgIpc) is 3.80. The normalized spacial score (nSPS) is 11.7. The van der Waals surface area contributed by atoms with Crippen LogP contribution in [0.4, 0.5) is 0 Å². The summed E-state index contributed by atoms with van der Waals surface area (Å²) in [5, 5.41) is 7.08. The summed E-state index contributed by atoms with van der Waals surface area (Å²) in [7, 11) is 0. The van der Waals surface area contributed by atoms with Crippen molar-refractivity contribution >= 4 is 54.5 Å². The molecule has 0 saturated carbocycles. The van der Waals surface area contributed by atoms with E-state index in [0.29, 0.717) is 17.5 Å². The second-order valence-electron chi connectivity index (χ2n) is 13.6. The Labute approximate surface area is 310 Å². The maximum atomic E-state index is 6.11. The van der Waals surface area contributed by atoms with Crippen molar-refractivity contribution in [3.8, 4) is 51.0 Å². The molecule has 3 aromatic heterocycles. The van der Waals surface area contributed by atoms with Gasteiger partial charge in [-0.3, -0.25) is 0 Å². The SMILES string of the molecule is c1ccc(-c2nc(-c3cccc(-c4ccc(-n5c6ccccc6c6ccc7ccccc7c65)cc4)c3)nc(-c3ccc4oc5ccccc5c4c3)n2)cc1. The van der Waals surface area contributed by atoms with E-state index in [2.05, 4.69) is 126 Å². The monoisotopic (exact) mass is 690 g/mol. The van der Waals surface area contributed by atoms with Crippen molar-refractivity contribution in [3.63, 3.8) is 0 Å². The first-order valence-corrected chi connectivity index (χ1v) is 18.1. The molecule has 0 spiro atoms. The lowest BCUT2D eigenvalue weighted by Crippen LogP contribution is -2.00. The van der Waals surface area contributed by atoms with Gasteiger partial charge < -0.3 is 8.98 Å². The molecule has 0 fully saturated rings. The van der Waals surface area contributed by atoms with Gasteiger partial charge in [0.2, 0.25) is 0 Å². The second-order valence-corrected chi connectivity index (χ2v) is 13.6. The van der Waals surface area contributed by atoms with E-state index in [-0.39, 0.29) is 0 Å². The molecule has 11 rings (SSSR count). The highest BCUT2D eigenvalue weighted by molar-refractivity contribution is 6.18. The molecule has 54 heavy (non-hydrogen) atoms. The van der Waals surface area contributed by atoms with Gasteiger partial charge in [0.05, 0.1) is 11.0 Å². The van der Waals surface area contributed by atoms with E-state index in [1.54, 1.807) is 0 Å². The largest absolute Gasteiger partial charge is 0.456 e. The molecule has 8 aromatic carbocycles. The Morgan fingerprint density at radius 3 is 1.80 bits per heavy atom. The summed E-state index contributed by atoms with van der Waals surface area (Å²) in [5.74, 6) is 1.85. The Morgan fingerprint density at radius 1 is 0.352 bits per heavy atom. The number of hydrogen-bond acceptors (Lipinski definition) is 4. The molecule has 0 bridgehead atoms. The van der Waals surface area contributed by atoms with E-state index in [9.17, 15) is 0 Å². The van der Waals surface area contributed by atoms with Gasteiger partial charge in [0, 0.05) is 49.3 Å². The van der Waals surface area contributed by atoms with Crippen LogP contribution in [0.3, 0.4) is 0 Å². The molecule has 11 aromatic rings. The minimum atomic E-state index is 0.611. The summed E-state index contributed by atoms with van der Waals surface area (Å²) in [5.41, 5.74) is 10.2. The molecule has 0 aliphatic rings. The lowest BCUT2D eigenvalue weighted by molar-refractivity contribution is 0.669. The number of hydrogen-bond donors (Lipinski definition) is 0. The van der Waals surface area contributed by atoms with Crippen molar-refractivity contribution in [2.24, 2.45) is 0 Å². The van der Waals surface area contributed by atoms with Gasteiger partial charge in [-0.15, -0.1) is 0 Å². The topological polar surface area (TPSA) is 56.7 Å². The molecule has 0 aliphatic heterocycles. The molecule has 0 unspecified atom stereocenters. The van der Waals surface area contributed by atoms with Crippen LogP contribution in [0.1, 0.15) is 0 Å². The smallest absolute Gasteiger partial charge is 0.164 e. The number of nitrogens with zero attached hydrogens (tertiary/aromatic N) is 4. The van der Waals surface area contributed by atoms with Crippen LogP contribution in [0.15, 0.2) is 186 Å². The summed E-state index contributed by atoms with van der Waals surface area (Å²) in [6.07, 6.45) is 0. The molecule has 0 saturated heterocycles. The summed E-state index contributed by atoms with van der Waals surface area (Å²) < 4.78 is 8.51. The maximum absolute atomic E-state index is 6.11. The molecule has 252 valence electrons. The average molecular weight is 691 g/mol. The summed E-state index contributed by atoms with van der Waals surface area (Å²) >= 11 is 0. The van der Waals surface area contributed by atoms with E-state index < -0.39 is 0 Å². The van der Waals surface area contributed by atoms with Gasteiger partial charge in [-0.05, 0) is 65.0 Å². The van der Waals surface area contributed by atoms with Crippen LogP contribution in [0.2, 0.25) is 0 Å². The van der Waals surface area contributed by atoms with Gasteiger partial charge in [0.1, 0.15) is 11.2 Å². The standard InChI is InChI=1S/C49H30N4O/c1-2-12-33(13-3-1)47-50-48(52-49(51-47)36-24-28-45-42(30-36)40-18-7-9-20-44(40)54-45)35-15-10-14-34(29-35)31-21-25-37(26-22-31)53-43-19-8-6-17-39(43)41-27-23-32-11-4-5-16-38(32)46(41)53/h1-30H. The molecule has 5 nitrogen and oxygen atoms in total. The van der Waals surface area contributed by atoms with Gasteiger partial charge in [-0.1, -0.05) is 133 Å². The number of aromatic nitrogens is 4. The van der Waals surface area contributed by atoms with Gasteiger partial charge in [0.25, 0.3) is 0 Å².